The molecule has 21 heavy (non-hydrogen) atoms. The predicted octanol–water partition coefficient (Wildman–Crippen LogP) is 1.94. The van der Waals surface area contributed by atoms with E-state index < -0.39 is 12.0 Å². The van der Waals surface area contributed by atoms with Crippen LogP contribution >= 0.6 is 0 Å². The number of fused-ring (bicyclic) bond motifs is 3. The summed E-state index contributed by atoms with van der Waals surface area (Å²) in [6.07, 6.45) is 3.91. The van der Waals surface area contributed by atoms with E-state index in [0.717, 1.165) is 25.7 Å². The lowest BCUT2D eigenvalue weighted by Crippen LogP contribution is -2.43. The van der Waals surface area contributed by atoms with Gasteiger partial charge in [0.2, 0.25) is 5.91 Å². The van der Waals surface area contributed by atoms with Gasteiger partial charge >= 0.3 is 5.97 Å². The number of carboxylic acids is 1. The van der Waals surface area contributed by atoms with Crippen molar-refractivity contribution in [2.24, 2.45) is 17.8 Å². The van der Waals surface area contributed by atoms with E-state index in [0.29, 0.717) is 11.8 Å². The molecular formula is C17H19NO3. The Bertz CT molecular complexity index is 608. The molecule has 2 saturated carbocycles. The van der Waals surface area contributed by atoms with Crippen LogP contribution in [0.25, 0.3) is 0 Å². The summed E-state index contributed by atoms with van der Waals surface area (Å²) < 4.78 is 0. The van der Waals surface area contributed by atoms with Crippen LogP contribution in [0.2, 0.25) is 0 Å². The maximum Gasteiger partial charge on any atom is 0.326 e. The highest BCUT2D eigenvalue weighted by molar-refractivity contribution is 5.88. The van der Waals surface area contributed by atoms with Gasteiger partial charge in [0.15, 0.2) is 0 Å². The molecule has 4 unspecified atom stereocenters. The number of carbonyl (C=O) groups excluding carboxylic acids is 1. The van der Waals surface area contributed by atoms with Gasteiger partial charge in [-0.1, -0.05) is 24.3 Å². The van der Waals surface area contributed by atoms with Crippen molar-refractivity contribution in [3.05, 3.63) is 35.4 Å². The Morgan fingerprint density at radius 3 is 2.67 bits per heavy atom. The second-order valence-corrected chi connectivity index (χ2v) is 6.61. The monoisotopic (exact) mass is 285 g/mol. The van der Waals surface area contributed by atoms with Crippen molar-refractivity contribution in [3.8, 4) is 0 Å². The summed E-state index contributed by atoms with van der Waals surface area (Å²) in [7, 11) is 0. The molecule has 110 valence electrons. The lowest BCUT2D eigenvalue weighted by atomic mass is 9.92. The van der Waals surface area contributed by atoms with Gasteiger partial charge in [0.1, 0.15) is 6.04 Å². The van der Waals surface area contributed by atoms with Gasteiger partial charge in [0.05, 0.1) is 0 Å². The Balaban J connectivity index is 1.49. The van der Waals surface area contributed by atoms with Gasteiger partial charge in [-0.15, -0.1) is 0 Å². The molecule has 1 aromatic carbocycles. The number of nitrogens with one attached hydrogen (secondary N) is 1. The van der Waals surface area contributed by atoms with Crippen molar-refractivity contribution >= 4 is 11.9 Å². The third kappa shape index (κ3) is 2.13. The van der Waals surface area contributed by atoms with Gasteiger partial charge in [-0.25, -0.2) is 4.79 Å². The van der Waals surface area contributed by atoms with Crippen LogP contribution < -0.4 is 5.32 Å². The Morgan fingerprint density at radius 1 is 1.19 bits per heavy atom. The molecule has 0 radical (unpaired) electrons. The topological polar surface area (TPSA) is 66.4 Å². The zero-order valence-corrected chi connectivity index (χ0v) is 11.8. The van der Waals surface area contributed by atoms with Gasteiger partial charge < -0.3 is 10.4 Å². The number of carbonyl (C=O) groups is 2. The van der Waals surface area contributed by atoms with E-state index in [1.165, 1.54) is 11.1 Å². The zero-order valence-electron chi connectivity index (χ0n) is 11.8. The largest absolute Gasteiger partial charge is 0.480 e. The molecule has 0 saturated heterocycles. The minimum Gasteiger partial charge on any atom is -0.480 e. The number of rotatable bonds is 4. The summed E-state index contributed by atoms with van der Waals surface area (Å²) in [6, 6.07) is 7.65. The fraction of sp³-hybridized carbons (Fsp3) is 0.529. The second kappa shape index (κ2) is 4.58. The van der Waals surface area contributed by atoms with Crippen LogP contribution in [-0.2, 0) is 16.0 Å². The summed E-state index contributed by atoms with van der Waals surface area (Å²) in [5.74, 6) is -0.109. The van der Waals surface area contributed by atoms with Crippen LogP contribution in [0, 0.1) is 17.8 Å². The maximum atomic E-state index is 12.5. The molecule has 4 rings (SSSR count). The first-order chi connectivity index (χ1) is 10.2. The zero-order chi connectivity index (χ0) is 14.6. The molecule has 0 aliphatic heterocycles. The van der Waals surface area contributed by atoms with Crippen molar-refractivity contribution in [1.82, 2.24) is 5.32 Å². The van der Waals surface area contributed by atoms with Crippen molar-refractivity contribution in [3.63, 3.8) is 0 Å². The van der Waals surface area contributed by atoms with E-state index in [1.807, 2.05) is 12.1 Å². The number of hydrogen-bond donors (Lipinski definition) is 2. The fourth-order valence-electron chi connectivity index (χ4n) is 3.98. The smallest absolute Gasteiger partial charge is 0.326 e. The molecule has 2 N–H and O–H groups in total. The highest BCUT2D eigenvalue weighted by Gasteiger charge is 2.57. The minimum absolute atomic E-state index is 0.0192. The molecule has 3 aliphatic carbocycles. The Morgan fingerprint density at radius 2 is 1.95 bits per heavy atom. The van der Waals surface area contributed by atoms with E-state index in [-0.39, 0.29) is 17.7 Å². The second-order valence-electron chi connectivity index (χ2n) is 6.61. The molecule has 4 nitrogen and oxygen atoms in total. The normalized spacial score (nSPS) is 30.8. The van der Waals surface area contributed by atoms with Crippen molar-refractivity contribution in [2.75, 3.05) is 0 Å². The average molecular weight is 285 g/mol. The molecule has 0 bridgehead atoms. The summed E-state index contributed by atoms with van der Waals surface area (Å²) in [4.78, 5) is 23.7. The van der Waals surface area contributed by atoms with Crippen molar-refractivity contribution < 1.29 is 14.7 Å². The van der Waals surface area contributed by atoms with E-state index in [4.69, 9.17) is 0 Å². The molecule has 1 aromatic rings. The third-order valence-corrected chi connectivity index (χ3v) is 5.29. The fourth-order valence-corrected chi connectivity index (χ4v) is 3.98. The lowest BCUT2D eigenvalue weighted by Gasteiger charge is -2.14. The third-order valence-electron chi connectivity index (χ3n) is 5.29. The number of benzene rings is 1. The van der Waals surface area contributed by atoms with Gasteiger partial charge in [-0.3, -0.25) is 4.79 Å². The highest BCUT2D eigenvalue weighted by Crippen LogP contribution is 2.59. The SMILES string of the molecule is O=C(O)C(NC(=O)C1C2CCc3ccccc3C21)C1CC1. The summed E-state index contributed by atoms with van der Waals surface area (Å²) in [6.45, 7) is 0. The lowest BCUT2D eigenvalue weighted by molar-refractivity contribution is -0.142. The Hall–Kier alpha value is -1.84. The van der Waals surface area contributed by atoms with Gasteiger partial charge in [-0.05, 0) is 54.6 Å². The molecule has 3 aliphatic rings. The predicted molar refractivity (Wildman–Crippen MR) is 76.8 cm³/mol. The van der Waals surface area contributed by atoms with E-state index in [2.05, 4.69) is 17.4 Å². The molecule has 0 heterocycles. The van der Waals surface area contributed by atoms with Crippen LogP contribution in [-0.4, -0.2) is 23.0 Å². The number of amides is 1. The van der Waals surface area contributed by atoms with E-state index >= 15 is 0 Å². The maximum absolute atomic E-state index is 12.5. The van der Waals surface area contributed by atoms with E-state index in [9.17, 15) is 14.7 Å². The molecule has 0 spiro atoms. The average Bonchev–Trinajstić information content (AvgIpc) is 3.36. The quantitative estimate of drug-likeness (QED) is 0.888. The van der Waals surface area contributed by atoms with Crippen molar-refractivity contribution in [1.29, 1.82) is 0 Å². The van der Waals surface area contributed by atoms with E-state index in [1.54, 1.807) is 0 Å². The van der Waals surface area contributed by atoms with Crippen LogP contribution in [0.4, 0.5) is 0 Å². The molecule has 0 aromatic heterocycles. The summed E-state index contributed by atoms with van der Waals surface area (Å²) in [5, 5.41) is 12.0. The van der Waals surface area contributed by atoms with Crippen LogP contribution in [0.15, 0.2) is 24.3 Å². The number of carboxylic acid groups (broad SMARTS) is 1. The van der Waals surface area contributed by atoms with Gasteiger partial charge in [-0.2, -0.15) is 0 Å². The molecular weight excluding hydrogens is 266 g/mol. The minimum atomic E-state index is -0.894. The highest BCUT2D eigenvalue weighted by atomic mass is 16.4. The van der Waals surface area contributed by atoms with Gasteiger partial charge in [0, 0.05) is 5.92 Å². The van der Waals surface area contributed by atoms with Crippen LogP contribution in [0.3, 0.4) is 0 Å². The number of aryl methyl sites for hydroxylation is 1. The van der Waals surface area contributed by atoms with Crippen molar-refractivity contribution in [2.45, 2.75) is 37.6 Å². The Labute approximate surface area is 123 Å². The van der Waals surface area contributed by atoms with Crippen LogP contribution in [0.1, 0.15) is 36.3 Å². The number of hydrogen-bond acceptors (Lipinski definition) is 2. The molecule has 1 amide bonds. The Kier molecular flexibility index (Phi) is 2.81. The summed E-state index contributed by atoms with van der Waals surface area (Å²) >= 11 is 0. The molecule has 2 fully saturated rings. The van der Waals surface area contributed by atoms with Crippen LogP contribution in [0.5, 0.6) is 0 Å². The number of aliphatic carboxylic acids is 1. The first kappa shape index (κ1) is 12.9. The summed E-state index contributed by atoms with van der Waals surface area (Å²) in [5.41, 5.74) is 2.65. The molecule has 4 atom stereocenters. The first-order valence-corrected chi connectivity index (χ1v) is 7.78. The van der Waals surface area contributed by atoms with Gasteiger partial charge in [0.25, 0.3) is 0 Å². The first-order valence-electron chi connectivity index (χ1n) is 7.78. The molecule has 4 heteroatoms. The standard InChI is InChI=1S/C17H19NO3/c19-16(18-15(17(20)21)10-5-6-10)14-12-8-7-9-3-1-2-4-11(9)13(12)14/h1-4,10,12-15H,5-8H2,(H,18,19)(H,20,21).